The van der Waals surface area contributed by atoms with E-state index in [2.05, 4.69) is 38.1 Å². The minimum absolute atomic E-state index is 0.911. The largest absolute Gasteiger partial charge is 0.478 e. The molecule has 0 saturated carbocycles. The summed E-state index contributed by atoms with van der Waals surface area (Å²) >= 11 is 3.43. The first-order valence-electron chi connectivity index (χ1n) is 6.24. The van der Waals surface area contributed by atoms with Gasteiger partial charge in [-0.25, -0.2) is 4.79 Å². The van der Waals surface area contributed by atoms with Gasteiger partial charge >= 0.3 is 5.97 Å². The lowest BCUT2D eigenvalue weighted by Crippen LogP contribution is -1.84. The Hall–Kier alpha value is -1.52. The summed E-state index contributed by atoms with van der Waals surface area (Å²) in [5, 5.41) is 8.60. The Balaban J connectivity index is 1.97. The van der Waals surface area contributed by atoms with E-state index in [1.165, 1.54) is 27.0 Å². The van der Waals surface area contributed by atoms with Gasteiger partial charge in [0.2, 0.25) is 0 Å². The lowest BCUT2D eigenvalue weighted by molar-refractivity contribution is -0.131. The van der Waals surface area contributed by atoms with E-state index in [-0.39, 0.29) is 0 Å². The van der Waals surface area contributed by atoms with Gasteiger partial charge in [0.1, 0.15) is 0 Å². The maximum atomic E-state index is 10.5. The predicted octanol–water partition coefficient (Wildman–Crippen LogP) is 4.76. The number of carboxylic acid groups (broad SMARTS) is 1. The van der Waals surface area contributed by atoms with Gasteiger partial charge in [0.25, 0.3) is 0 Å². The standard InChI is InChI=1S/C16H16O2S2/c1-11-3-4-14(9-12(11)2)19-10-15-6-5-13(20-15)7-8-16(17)18/h3-9H,10H2,1-2H3,(H,17,18). The van der Waals surface area contributed by atoms with Crippen molar-refractivity contribution < 1.29 is 9.90 Å². The fraction of sp³-hybridized carbons (Fsp3) is 0.188. The predicted molar refractivity (Wildman–Crippen MR) is 86.5 cm³/mol. The molecule has 0 amide bonds. The minimum atomic E-state index is -0.913. The Morgan fingerprint density at radius 1 is 1.25 bits per heavy atom. The highest BCUT2D eigenvalue weighted by atomic mass is 32.2. The minimum Gasteiger partial charge on any atom is -0.478 e. The summed E-state index contributed by atoms with van der Waals surface area (Å²) in [4.78, 5) is 14.0. The molecule has 0 aliphatic carbocycles. The molecule has 0 aliphatic heterocycles. The monoisotopic (exact) mass is 304 g/mol. The first-order valence-corrected chi connectivity index (χ1v) is 8.04. The number of hydrogen-bond donors (Lipinski definition) is 1. The summed E-state index contributed by atoms with van der Waals surface area (Å²) in [6.45, 7) is 4.24. The van der Waals surface area contributed by atoms with Crippen molar-refractivity contribution in [3.05, 3.63) is 57.3 Å². The SMILES string of the molecule is Cc1ccc(SCc2ccc(C=CC(=O)O)s2)cc1C. The van der Waals surface area contributed by atoms with Crippen molar-refractivity contribution in [3.63, 3.8) is 0 Å². The Labute approximate surface area is 127 Å². The number of carboxylic acids is 1. The smallest absolute Gasteiger partial charge is 0.328 e. The van der Waals surface area contributed by atoms with Crippen LogP contribution in [0.2, 0.25) is 0 Å². The number of aliphatic carboxylic acids is 1. The Morgan fingerprint density at radius 2 is 2.05 bits per heavy atom. The lowest BCUT2D eigenvalue weighted by Gasteiger charge is -2.04. The summed E-state index contributed by atoms with van der Waals surface area (Å²) in [6, 6.07) is 10.5. The fourth-order valence-corrected chi connectivity index (χ4v) is 3.63. The molecule has 0 radical (unpaired) electrons. The van der Waals surface area contributed by atoms with Gasteiger partial charge in [0.05, 0.1) is 0 Å². The molecule has 4 heteroatoms. The fourth-order valence-electron chi connectivity index (χ4n) is 1.67. The molecule has 2 aromatic rings. The van der Waals surface area contributed by atoms with Crippen LogP contribution in [0.25, 0.3) is 6.08 Å². The zero-order chi connectivity index (χ0) is 14.5. The molecule has 0 bridgehead atoms. The lowest BCUT2D eigenvalue weighted by atomic mass is 10.1. The van der Waals surface area contributed by atoms with Gasteiger partial charge in [0, 0.05) is 26.5 Å². The number of thioether (sulfide) groups is 1. The van der Waals surface area contributed by atoms with Crippen LogP contribution in [0.3, 0.4) is 0 Å². The van der Waals surface area contributed by atoms with Crippen LogP contribution in [0.4, 0.5) is 0 Å². The van der Waals surface area contributed by atoms with Crippen LogP contribution in [0.15, 0.2) is 41.3 Å². The summed E-state index contributed by atoms with van der Waals surface area (Å²) in [5.74, 6) is -0.00175. The molecule has 0 spiro atoms. The van der Waals surface area contributed by atoms with Crippen LogP contribution in [0.1, 0.15) is 20.9 Å². The van der Waals surface area contributed by atoms with Gasteiger partial charge in [-0.3, -0.25) is 0 Å². The van der Waals surface area contributed by atoms with Gasteiger partial charge in [0.15, 0.2) is 0 Å². The number of carbonyl (C=O) groups is 1. The third-order valence-electron chi connectivity index (χ3n) is 2.93. The second-order valence-electron chi connectivity index (χ2n) is 4.51. The molecule has 2 nitrogen and oxygen atoms in total. The normalized spacial score (nSPS) is 11.1. The van der Waals surface area contributed by atoms with Gasteiger partial charge in [-0.2, -0.15) is 0 Å². The summed E-state index contributed by atoms with van der Waals surface area (Å²) in [7, 11) is 0. The topological polar surface area (TPSA) is 37.3 Å². The maximum Gasteiger partial charge on any atom is 0.328 e. The molecule has 104 valence electrons. The molecule has 0 fully saturated rings. The van der Waals surface area contributed by atoms with Gasteiger partial charge in [-0.15, -0.1) is 23.1 Å². The van der Waals surface area contributed by atoms with Crippen molar-refractivity contribution in [1.29, 1.82) is 0 Å². The first kappa shape index (κ1) is 14.9. The van der Waals surface area contributed by atoms with Crippen LogP contribution in [0.5, 0.6) is 0 Å². The molecule has 2 rings (SSSR count). The van der Waals surface area contributed by atoms with E-state index in [0.717, 1.165) is 10.6 Å². The molecule has 20 heavy (non-hydrogen) atoms. The second-order valence-corrected chi connectivity index (χ2v) is 6.76. The molecular formula is C16H16O2S2. The van der Waals surface area contributed by atoms with E-state index in [4.69, 9.17) is 5.11 Å². The number of aryl methyl sites for hydroxylation is 2. The van der Waals surface area contributed by atoms with Crippen molar-refractivity contribution in [3.8, 4) is 0 Å². The molecule has 1 heterocycles. The number of hydrogen-bond acceptors (Lipinski definition) is 3. The molecule has 0 saturated heterocycles. The molecule has 1 aromatic carbocycles. The van der Waals surface area contributed by atoms with Crippen molar-refractivity contribution in [2.24, 2.45) is 0 Å². The van der Waals surface area contributed by atoms with Crippen molar-refractivity contribution in [2.45, 2.75) is 24.5 Å². The molecule has 0 unspecified atom stereocenters. The quantitative estimate of drug-likeness (QED) is 0.639. The average Bonchev–Trinajstić information content (AvgIpc) is 2.86. The number of thiophene rings is 1. The van der Waals surface area contributed by atoms with Gasteiger partial charge in [-0.1, -0.05) is 6.07 Å². The molecule has 0 aliphatic rings. The third-order valence-corrected chi connectivity index (χ3v) is 5.21. The highest BCUT2D eigenvalue weighted by Crippen LogP contribution is 2.28. The van der Waals surface area contributed by atoms with Crippen LogP contribution in [0, 0.1) is 13.8 Å². The second kappa shape index (κ2) is 6.77. The zero-order valence-corrected chi connectivity index (χ0v) is 13.1. The summed E-state index contributed by atoms with van der Waals surface area (Å²) in [5.41, 5.74) is 2.62. The van der Waals surface area contributed by atoms with Crippen LogP contribution < -0.4 is 0 Å². The van der Waals surface area contributed by atoms with E-state index < -0.39 is 5.97 Å². The van der Waals surface area contributed by atoms with E-state index in [1.54, 1.807) is 29.2 Å². The highest BCUT2D eigenvalue weighted by molar-refractivity contribution is 7.98. The van der Waals surface area contributed by atoms with Gasteiger partial charge < -0.3 is 5.11 Å². The Morgan fingerprint density at radius 3 is 2.75 bits per heavy atom. The molecule has 1 aromatic heterocycles. The number of rotatable bonds is 5. The number of benzene rings is 1. The maximum absolute atomic E-state index is 10.5. The average molecular weight is 304 g/mol. The van der Waals surface area contributed by atoms with E-state index in [1.807, 2.05) is 6.07 Å². The third kappa shape index (κ3) is 4.25. The highest BCUT2D eigenvalue weighted by Gasteiger charge is 2.01. The summed E-state index contributed by atoms with van der Waals surface area (Å²) < 4.78 is 0. The molecule has 0 atom stereocenters. The van der Waals surface area contributed by atoms with E-state index >= 15 is 0 Å². The Bertz CT molecular complexity index is 642. The Kier molecular flexibility index (Phi) is 5.04. The van der Waals surface area contributed by atoms with Crippen LogP contribution in [-0.4, -0.2) is 11.1 Å². The van der Waals surface area contributed by atoms with Crippen molar-refractivity contribution in [2.75, 3.05) is 0 Å². The zero-order valence-electron chi connectivity index (χ0n) is 11.4. The molecular weight excluding hydrogens is 288 g/mol. The van der Waals surface area contributed by atoms with Crippen LogP contribution >= 0.6 is 23.1 Å². The van der Waals surface area contributed by atoms with Crippen molar-refractivity contribution in [1.82, 2.24) is 0 Å². The van der Waals surface area contributed by atoms with E-state index in [0.29, 0.717) is 0 Å². The van der Waals surface area contributed by atoms with Gasteiger partial charge in [-0.05, 0) is 55.3 Å². The van der Waals surface area contributed by atoms with Crippen molar-refractivity contribution >= 4 is 35.1 Å². The van der Waals surface area contributed by atoms with E-state index in [9.17, 15) is 4.79 Å². The first-order chi connectivity index (χ1) is 9.54. The molecule has 1 N–H and O–H groups in total. The van der Waals surface area contributed by atoms with Crippen LogP contribution in [-0.2, 0) is 10.5 Å². The summed E-state index contributed by atoms with van der Waals surface area (Å²) in [6.07, 6.45) is 2.81.